The molecule has 0 radical (unpaired) electrons. The van der Waals surface area contributed by atoms with E-state index in [0.29, 0.717) is 32.1 Å². The van der Waals surface area contributed by atoms with E-state index in [4.69, 9.17) is 4.74 Å². The Kier molecular flexibility index (Phi) is 6.39. The average molecular weight is 309 g/mol. The molecule has 0 saturated carbocycles. The maximum absolute atomic E-state index is 13.8. The smallest absolute Gasteiger partial charge is 0.191 e. The number of aromatic nitrogens is 1. The summed E-state index contributed by atoms with van der Waals surface area (Å²) < 4.78 is 19.0. The summed E-state index contributed by atoms with van der Waals surface area (Å²) in [7, 11) is 1.74. The van der Waals surface area contributed by atoms with E-state index >= 15 is 0 Å². The molecule has 22 heavy (non-hydrogen) atoms. The number of pyridine rings is 1. The lowest BCUT2D eigenvalue weighted by molar-refractivity contribution is 0.152. The van der Waals surface area contributed by atoms with Crippen LogP contribution >= 0.6 is 0 Å². The number of hydrogen-bond acceptors (Lipinski definition) is 4. The molecule has 6 nitrogen and oxygen atoms in total. The third-order valence-corrected chi connectivity index (χ3v) is 3.53. The van der Waals surface area contributed by atoms with Crippen molar-refractivity contribution in [3.63, 3.8) is 0 Å². The summed E-state index contributed by atoms with van der Waals surface area (Å²) in [4.78, 5) is 10.3. The lowest BCUT2D eigenvalue weighted by atomic mass is 10.3. The van der Waals surface area contributed by atoms with Crippen molar-refractivity contribution in [3.05, 3.63) is 24.1 Å². The number of nitrogens with one attached hydrogen (secondary N) is 2. The molecule has 1 unspecified atom stereocenters. The summed E-state index contributed by atoms with van der Waals surface area (Å²) in [5, 5.41) is 6.56. The van der Waals surface area contributed by atoms with Crippen molar-refractivity contribution in [2.45, 2.75) is 19.4 Å². The van der Waals surface area contributed by atoms with Crippen LogP contribution in [0.5, 0.6) is 0 Å². The van der Waals surface area contributed by atoms with E-state index in [2.05, 4.69) is 20.6 Å². The molecule has 1 aromatic heterocycles. The number of guanidine groups is 1. The first kappa shape index (κ1) is 16.5. The topological polar surface area (TPSA) is 61.8 Å². The predicted molar refractivity (Wildman–Crippen MR) is 85.8 cm³/mol. The summed E-state index contributed by atoms with van der Waals surface area (Å²) >= 11 is 0. The highest BCUT2D eigenvalue weighted by molar-refractivity contribution is 5.80. The van der Waals surface area contributed by atoms with Crippen LogP contribution in [0.25, 0.3) is 0 Å². The zero-order valence-corrected chi connectivity index (χ0v) is 13.2. The Hall–Kier alpha value is -1.89. The lowest BCUT2D eigenvalue weighted by Crippen LogP contribution is -2.45. The van der Waals surface area contributed by atoms with E-state index < -0.39 is 0 Å². The van der Waals surface area contributed by atoms with Gasteiger partial charge in [-0.05, 0) is 25.5 Å². The average Bonchev–Trinajstić information content (AvgIpc) is 2.99. The first-order valence-corrected chi connectivity index (χ1v) is 7.65. The van der Waals surface area contributed by atoms with E-state index in [1.807, 2.05) is 11.8 Å². The molecule has 1 atom stereocenters. The molecule has 0 spiro atoms. The van der Waals surface area contributed by atoms with Crippen LogP contribution in [0.1, 0.15) is 13.3 Å². The maximum atomic E-state index is 13.8. The van der Waals surface area contributed by atoms with Gasteiger partial charge < -0.3 is 20.3 Å². The Morgan fingerprint density at radius 2 is 2.45 bits per heavy atom. The summed E-state index contributed by atoms with van der Waals surface area (Å²) in [6, 6.07) is 3.27. The first-order chi connectivity index (χ1) is 10.7. The van der Waals surface area contributed by atoms with Gasteiger partial charge in [-0.1, -0.05) is 0 Å². The third kappa shape index (κ3) is 4.56. The van der Waals surface area contributed by atoms with Gasteiger partial charge in [-0.3, -0.25) is 4.99 Å². The largest absolute Gasteiger partial charge is 0.380 e. The minimum Gasteiger partial charge on any atom is -0.380 e. The SMILES string of the molecule is CCOCCNC(=NC)NC1CCN(c2ncccc2F)C1. The van der Waals surface area contributed by atoms with Crippen molar-refractivity contribution < 1.29 is 9.13 Å². The Morgan fingerprint density at radius 3 is 3.18 bits per heavy atom. The van der Waals surface area contributed by atoms with Gasteiger partial charge in [-0.15, -0.1) is 0 Å². The Bertz CT molecular complexity index is 497. The minimum absolute atomic E-state index is 0.222. The molecule has 122 valence electrons. The lowest BCUT2D eigenvalue weighted by Gasteiger charge is -2.19. The number of aliphatic imine (C=N–C) groups is 1. The second kappa shape index (κ2) is 8.53. The molecule has 1 aliphatic rings. The van der Waals surface area contributed by atoms with E-state index in [1.54, 1.807) is 19.3 Å². The van der Waals surface area contributed by atoms with Gasteiger partial charge >= 0.3 is 0 Å². The van der Waals surface area contributed by atoms with E-state index in [1.165, 1.54) is 6.07 Å². The summed E-state index contributed by atoms with van der Waals surface area (Å²) in [6.45, 7) is 5.52. The van der Waals surface area contributed by atoms with Gasteiger partial charge in [0.25, 0.3) is 0 Å². The zero-order chi connectivity index (χ0) is 15.8. The van der Waals surface area contributed by atoms with E-state index in [9.17, 15) is 4.39 Å². The maximum Gasteiger partial charge on any atom is 0.191 e. The molecule has 0 aromatic carbocycles. The van der Waals surface area contributed by atoms with Crippen molar-refractivity contribution in [3.8, 4) is 0 Å². The normalized spacial score (nSPS) is 18.6. The van der Waals surface area contributed by atoms with Crippen LogP contribution < -0.4 is 15.5 Å². The molecule has 2 rings (SSSR count). The molecule has 0 amide bonds. The second-order valence-electron chi connectivity index (χ2n) is 5.08. The van der Waals surface area contributed by atoms with Crippen molar-refractivity contribution >= 4 is 11.8 Å². The van der Waals surface area contributed by atoms with Crippen molar-refractivity contribution in [2.24, 2.45) is 4.99 Å². The van der Waals surface area contributed by atoms with Crippen LogP contribution in [0.15, 0.2) is 23.3 Å². The fourth-order valence-electron chi connectivity index (χ4n) is 2.45. The zero-order valence-electron chi connectivity index (χ0n) is 13.2. The number of halogens is 1. The van der Waals surface area contributed by atoms with Crippen LogP contribution in [0.4, 0.5) is 10.2 Å². The fraction of sp³-hybridized carbons (Fsp3) is 0.600. The van der Waals surface area contributed by atoms with Crippen LogP contribution in [0.2, 0.25) is 0 Å². The number of nitrogens with zero attached hydrogens (tertiary/aromatic N) is 3. The quantitative estimate of drug-likeness (QED) is 0.466. The Balaban J connectivity index is 1.81. The summed E-state index contributed by atoms with van der Waals surface area (Å²) in [5.74, 6) is 0.890. The molecular weight excluding hydrogens is 285 g/mol. The van der Waals surface area contributed by atoms with Crippen molar-refractivity contribution in [1.82, 2.24) is 15.6 Å². The van der Waals surface area contributed by atoms with Gasteiger partial charge in [0.15, 0.2) is 17.6 Å². The number of anilines is 1. The molecular formula is C15H24FN5O. The second-order valence-corrected chi connectivity index (χ2v) is 5.08. The van der Waals surface area contributed by atoms with Gasteiger partial charge in [0, 0.05) is 45.5 Å². The fourth-order valence-corrected chi connectivity index (χ4v) is 2.45. The van der Waals surface area contributed by atoms with Crippen molar-refractivity contribution in [1.29, 1.82) is 0 Å². The molecule has 1 aliphatic heterocycles. The Morgan fingerprint density at radius 1 is 1.59 bits per heavy atom. The van der Waals surface area contributed by atoms with Crippen LogP contribution in [0.3, 0.4) is 0 Å². The summed E-state index contributed by atoms with van der Waals surface area (Å²) in [5.41, 5.74) is 0. The van der Waals surface area contributed by atoms with Gasteiger partial charge in [0.2, 0.25) is 0 Å². The molecule has 1 aromatic rings. The number of hydrogen-bond donors (Lipinski definition) is 2. The van der Waals surface area contributed by atoms with Gasteiger partial charge in [-0.25, -0.2) is 9.37 Å². The first-order valence-electron chi connectivity index (χ1n) is 7.65. The number of rotatable bonds is 6. The highest BCUT2D eigenvalue weighted by Crippen LogP contribution is 2.20. The summed E-state index contributed by atoms with van der Waals surface area (Å²) in [6.07, 6.45) is 2.54. The molecule has 2 heterocycles. The van der Waals surface area contributed by atoms with Gasteiger partial charge in [-0.2, -0.15) is 0 Å². The van der Waals surface area contributed by atoms with Gasteiger partial charge in [0.05, 0.1) is 6.61 Å². The van der Waals surface area contributed by atoms with Crippen LogP contribution in [-0.2, 0) is 4.74 Å². The third-order valence-electron chi connectivity index (χ3n) is 3.53. The Labute approximate surface area is 130 Å². The molecule has 1 fully saturated rings. The highest BCUT2D eigenvalue weighted by atomic mass is 19.1. The molecule has 2 N–H and O–H groups in total. The molecule has 0 aliphatic carbocycles. The molecule has 1 saturated heterocycles. The monoisotopic (exact) mass is 309 g/mol. The van der Waals surface area contributed by atoms with Crippen molar-refractivity contribution in [2.75, 3.05) is 44.8 Å². The predicted octanol–water partition coefficient (Wildman–Crippen LogP) is 1.00. The van der Waals surface area contributed by atoms with E-state index in [-0.39, 0.29) is 11.9 Å². The molecule has 0 bridgehead atoms. The van der Waals surface area contributed by atoms with Crippen LogP contribution in [0, 0.1) is 5.82 Å². The number of ether oxygens (including phenoxy) is 1. The van der Waals surface area contributed by atoms with Gasteiger partial charge in [0.1, 0.15) is 0 Å². The highest BCUT2D eigenvalue weighted by Gasteiger charge is 2.25. The van der Waals surface area contributed by atoms with E-state index in [0.717, 1.165) is 18.9 Å². The minimum atomic E-state index is -0.276. The van der Waals surface area contributed by atoms with Crippen LogP contribution in [-0.4, -0.2) is 56.9 Å². The molecule has 7 heteroatoms. The standard InChI is InChI=1S/C15H24FN5O/c1-3-22-10-8-19-15(17-2)20-12-6-9-21(11-12)14-13(16)5-4-7-18-14/h4-5,7,12H,3,6,8-11H2,1-2H3,(H2,17,19,20).